The van der Waals surface area contributed by atoms with Gasteiger partial charge in [0.1, 0.15) is 0 Å². The molecule has 3 nitrogen and oxygen atoms in total. The van der Waals surface area contributed by atoms with E-state index in [1.165, 1.54) is 0 Å². The molecule has 0 saturated carbocycles. The van der Waals surface area contributed by atoms with Crippen molar-refractivity contribution in [3.05, 3.63) is 0 Å². The monoisotopic (exact) mass is 277 g/mol. The third-order valence-electron chi connectivity index (χ3n) is 2.05. The molecule has 0 aromatic heterocycles. The zero-order valence-electron chi connectivity index (χ0n) is 6.79. The molecule has 0 amide bonds. The Balaban J connectivity index is 2.82. The summed E-state index contributed by atoms with van der Waals surface area (Å²) in [6, 6.07) is -0.306. The van der Waals surface area contributed by atoms with E-state index in [1.54, 1.807) is 0 Å². The Hall–Kier alpha value is 0.250. The molecule has 1 atom stereocenters. The van der Waals surface area contributed by atoms with Crippen molar-refractivity contribution in [2.45, 2.75) is 24.6 Å². The zero-order chi connectivity index (χ0) is 10.1. The van der Waals surface area contributed by atoms with Crippen molar-refractivity contribution in [1.29, 1.82) is 0 Å². The summed E-state index contributed by atoms with van der Waals surface area (Å²) in [5, 5.41) is 0.416. The molecular weight excluding hydrogens is 268 g/mol. The molecule has 1 heterocycles. The van der Waals surface area contributed by atoms with Gasteiger partial charge in [-0.05, 0) is 12.8 Å². The Kier molecular flexibility index (Phi) is 3.64. The number of nitrogens with zero attached hydrogens (tertiary/aromatic N) is 1. The fourth-order valence-corrected chi connectivity index (χ4v) is 3.45. The third-order valence-corrected chi connectivity index (χ3v) is 4.39. The predicted molar refractivity (Wildman–Crippen MR) is 48.4 cm³/mol. The molecule has 0 aliphatic carbocycles. The Bertz CT molecular complexity index is 270. The lowest BCUT2D eigenvalue weighted by atomic mass is 10.3. The van der Waals surface area contributed by atoms with Crippen LogP contribution in [0.2, 0.25) is 0 Å². The van der Waals surface area contributed by atoms with E-state index in [4.69, 9.17) is 0 Å². The Morgan fingerprint density at radius 1 is 1.54 bits per heavy atom. The summed E-state index contributed by atoms with van der Waals surface area (Å²) in [5.41, 5.74) is 0. The molecule has 7 heteroatoms. The Labute approximate surface area is 84.3 Å². The summed E-state index contributed by atoms with van der Waals surface area (Å²) >= 11 is 3.11. The third kappa shape index (κ3) is 2.19. The SMILES string of the molecule is O=S(=O)(C(F)F)N1CCCC1CBr. The van der Waals surface area contributed by atoms with Gasteiger partial charge in [-0.25, -0.2) is 8.42 Å². The van der Waals surface area contributed by atoms with Gasteiger partial charge in [-0.1, -0.05) is 15.9 Å². The molecule has 1 aliphatic heterocycles. The number of halogens is 3. The van der Waals surface area contributed by atoms with Crippen LogP contribution < -0.4 is 0 Å². The van der Waals surface area contributed by atoms with Gasteiger partial charge in [-0.15, -0.1) is 0 Å². The summed E-state index contributed by atoms with van der Waals surface area (Å²) in [5.74, 6) is -3.30. The largest absolute Gasteiger partial charge is 0.350 e. The van der Waals surface area contributed by atoms with Crippen LogP contribution in [0.25, 0.3) is 0 Å². The Morgan fingerprint density at radius 2 is 2.15 bits per heavy atom. The van der Waals surface area contributed by atoms with E-state index in [9.17, 15) is 17.2 Å². The van der Waals surface area contributed by atoms with Crippen LogP contribution >= 0.6 is 15.9 Å². The van der Waals surface area contributed by atoms with Crippen LogP contribution in [0.1, 0.15) is 12.8 Å². The lowest BCUT2D eigenvalue weighted by Crippen LogP contribution is -2.39. The predicted octanol–water partition coefficient (Wildman–Crippen LogP) is 1.40. The van der Waals surface area contributed by atoms with Crippen molar-refractivity contribution < 1.29 is 17.2 Å². The van der Waals surface area contributed by atoms with Crippen molar-refractivity contribution in [1.82, 2.24) is 4.31 Å². The molecule has 78 valence electrons. The molecule has 0 N–H and O–H groups in total. The summed E-state index contributed by atoms with van der Waals surface area (Å²) < 4.78 is 47.3. The average Bonchev–Trinajstić information content (AvgIpc) is 2.51. The minimum absolute atomic E-state index is 0.211. The van der Waals surface area contributed by atoms with Gasteiger partial charge < -0.3 is 0 Å². The van der Waals surface area contributed by atoms with Crippen LogP contribution in [0.5, 0.6) is 0 Å². The van der Waals surface area contributed by atoms with Crippen LogP contribution in [0.4, 0.5) is 8.78 Å². The van der Waals surface area contributed by atoms with Crippen molar-refractivity contribution in [2.24, 2.45) is 0 Å². The molecule has 1 aliphatic rings. The van der Waals surface area contributed by atoms with Crippen LogP contribution in [0.3, 0.4) is 0 Å². The van der Waals surface area contributed by atoms with Crippen molar-refractivity contribution in [3.8, 4) is 0 Å². The van der Waals surface area contributed by atoms with Crippen molar-refractivity contribution in [3.63, 3.8) is 0 Å². The van der Waals surface area contributed by atoms with E-state index in [0.29, 0.717) is 18.2 Å². The normalized spacial score (nSPS) is 25.7. The molecule has 13 heavy (non-hydrogen) atoms. The van der Waals surface area contributed by atoms with Gasteiger partial charge in [0.2, 0.25) is 0 Å². The fourth-order valence-electron chi connectivity index (χ4n) is 1.40. The number of alkyl halides is 3. The molecule has 1 fully saturated rings. The molecule has 0 spiro atoms. The molecule has 0 aromatic carbocycles. The first-order valence-corrected chi connectivity index (χ1v) is 6.47. The first-order chi connectivity index (χ1) is 6.00. The number of hydrogen-bond acceptors (Lipinski definition) is 2. The van der Waals surface area contributed by atoms with Gasteiger partial charge >= 0.3 is 5.76 Å². The van der Waals surface area contributed by atoms with Gasteiger partial charge in [0.15, 0.2) is 0 Å². The molecule has 1 rings (SSSR count). The van der Waals surface area contributed by atoms with E-state index < -0.39 is 15.8 Å². The second-order valence-electron chi connectivity index (χ2n) is 2.87. The maximum Gasteiger partial charge on any atom is 0.350 e. The summed E-state index contributed by atoms with van der Waals surface area (Å²) in [6.07, 6.45) is 1.30. The highest BCUT2D eigenvalue weighted by Crippen LogP contribution is 2.25. The van der Waals surface area contributed by atoms with Gasteiger partial charge in [-0.2, -0.15) is 13.1 Å². The van der Waals surface area contributed by atoms with Gasteiger partial charge in [0.25, 0.3) is 10.0 Å². The second kappa shape index (κ2) is 4.18. The first kappa shape index (κ1) is 11.3. The van der Waals surface area contributed by atoms with Crippen molar-refractivity contribution >= 4 is 26.0 Å². The van der Waals surface area contributed by atoms with Gasteiger partial charge in [0.05, 0.1) is 0 Å². The summed E-state index contributed by atoms with van der Waals surface area (Å²) in [7, 11) is -4.37. The highest BCUT2D eigenvalue weighted by atomic mass is 79.9. The minimum Gasteiger partial charge on any atom is -0.206 e. The quantitative estimate of drug-likeness (QED) is 0.732. The molecular formula is C6H10BrF2NO2S. The second-order valence-corrected chi connectivity index (χ2v) is 5.37. The van der Waals surface area contributed by atoms with Crippen LogP contribution in [0.15, 0.2) is 0 Å². The van der Waals surface area contributed by atoms with Crippen molar-refractivity contribution in [2.75, 3.05) is 11.9 Å². The standard InChI is InChI=1S/C6H10BrF2NO2S/c7-4-5-2-1-3-10(5)13(11,12)6(8)9/h5-6H,1-4H2. The van der Waals surface area contributed by atoms with E-state index in [2.05, 4.69) is 15.9 Å². The topological polar surface area (TPSA) is 37.4 Å². The highest BCUT2D eigenvalue weighted by Gasteiger charge is 2.39. The van der Waals surface area contributed by atoms with E-state index in [1.807, 2.05) is 0 Å². The lowest BCUT2D eigenvalue weighted by Gasteiger charge is -2.21. The summed E-state index contributed by atoms with van der Waals surface area (Å²) in [4.78, 5) is 0. The maximum atomic E-state index is 12.1. The van der Waals surface area contributed by atoms with Crippen LogP contribution in [-0.2, 0) is 10.0 Å². The van der Waals surface area contributed by atoms with E-state index in [0.717, 1.165) is 4.31 Å². The van der Waals surface area contributed by atoms with Gasteiger partial charge in [0, 0.05) is 17.9 Å². The smallest absolute Gasteiger partial charge is 0.206 e. The maximum absolute atomic E-state index is 12.1. The van der Waals surface area contributed by atoms with E-state index in [-0.39, 0.29) is 12.6 Å². The lowest BCUT2D eigenvalue weighted by molar-refractivity contribution is 0.218. The number of sulfonamides is 1. The summed E-state index contributed by atoms with van der Waals surface area (Å²) in [6.45, 7) is 0.211. The highest BCUT2D eigenvalue weighted by molar-refractivity contribution is 9.09. The number of rotatable bonds is 3. The number of hydrogen-bond donors (Lipinski definition) is 0. The minimum atomic E-state index is -4.37. The van der Waals surface area contributed by atoms with Crippen LogP contribution in [-0.4, -0.2) is 36.4 Å². The molecule has 1 unspecified atom stereocenters. The van der Waals surface area contributed by atoms with Gasteiger partial charge in [-0.3, -0.25) is 0 Å². The molecule has 1 saturated heterocycles. The molecule has 0 radical (unpaired) electrons. The zero-order valence-corrected chi connectivity index (χ0v) is 9.19. The van der Waals surface area contributed by atoms with Crippen LogP contribution in [0, 0.1) is 0 Å². The first-order valence-electron chi connectivity index (χ1n) is 3.85. The average molecular weight is 278 g/mol. The van der Waals surface area contributed by atoms with E-state index >= 15 is 0 Å². The fraction of sp³-hybridized carbons (Fsp3) is 1.00. The molecule has 0 aromatic rings. The Morgan fingerprint density at radius 3 is 2.62 bits per heavy atom. The molecule has 0 bridgehead atoms.